The summed E-state index contributed by atoms with van der Waals surface area (Å²) in [6.07, 6.45) is 1.78. The maximum Gasteiger partial charge on any atom is 0.319 e. The van der Waals surface area contributed by atoms with Gasteiger partial charge in [-0.25, -0.2) is 9.78 Å². The summed E-state index contributed by atoms with van der Waals surface area (Å²) in [5, 5.41) is 8.54. The number of anilines is 1. The van der Waals surface area contributed by atoms with Crippen molar-refractivity contribution < 1.29 is 4.79 Å². The van der Waals surface area contributed by atoms with Crippen LogP contribution in [0.4, 0.5) is 10.5 Å². The third kappa shape index (κ3) is 4.06. The lowest BCUT2D eigenvalue weighted by Gasteiger charge is -2.09. The summed E-state index contributed by atoms with van der Waals surface area (Å²) in [5.74, 6) is 0.443. The third-order valence-electron chi connectivity index (χ3n) is 2.49. The highest BCUT2D eigenvalue weighted by atomic mass is 32.1. The fourth-order valence-corrected chi connectivity index (χ4v) is 2.18. The lowest BCUT2D eigenvalue weighted by Crippen LogP contribution is -2.31. The lowest BCUT2D eigenvalue weighted by atomic mass is 10.2. The van der Waals surface area contributed by atoms with Gasteiger partial charge >= 0.3 is 6.03 Å². The van der Waals surface area contributed by atoms with Crippen LogP contribution >= 0.6 is 11.3 Å². The first-order chi connectivity index (χ1) is 9.15. The molecular formula is C14H17N3OS. The average molecular weight is 275 g/mol. The van der Waals surface area contributed by atoms with Crippen LogP contribution in [-0.4, -0.2) is 17.6 Å². The normalized spacial score (nSPS) is 10.5. The number of nitrogens with one attached hydrogen (secondary N) is 2. The fourth-order valence-electron chi connectivity index (χ4n) is 1.53. The molecule has 0 unspecified atom stereocenters. The molecule has 19 heavy (non-hydrogen) atoms. The minimum Gasteiger partial charge on any atom is -0.338 e. The van der Waals surface area contributed by atoms with Crippen LogP contribution in [0.1, 0.15) is 13.8 Å². The molecule has 0 aliphatic carbocycles. The number of rotatable bonds is 4. The number of thiazole rings is 1. The van der Waals surface area contributed by atoms with E-state index in [1.54, 1.807) is 17.5 Å². The summed E-state index contributed by atoms with van der Waals surface area (Å²) in [5.41, 5.74) is 1.84. The molecule has 0 saturated heterocycles. The second kappa shape index (κ2) is 6.33. The van der Waals surface area contributed by atoms with E-state index in [0.29, 0.717) is 12.5 Å². The Labute approximate surface area is 116 Å². The first kappa shape index (κ1) is 13.5. The van der Waals surface area contributed by atoms with Crippen LogP contribution in [0.5, 0.6) is 0 Å². The molecule has 2 rings (SSSR count). The molecule has 0 atom stereocenters. The Balaban J connectivity index is 1.94. The molecule has 2 amide bonds. The average Bonchev–Trinajstić information content (AvgIpc) is 2.91. The van der Waals surface area contributed by atoms with Crippen LogP contribution in [-0.2, 0) is 0 Å². The molecule has 2 aromatic rings. The minimum atomic E-state index is -0.171. The molecule has 0 aliphatic heterocycles. The maximum absolute atomic E-state index is 11.6. The third-order valence-corrected chi connectivity index (χ3v) is 3.32. The van der Waals surface area contributed by atoms with Crippen molar-refractivity contribution in [3.8, 4) is 10.6 Å². The number of amides is 2. The van der Waals surface area contributed by atoms with Crippen molar-refractivity contribution in [3.63, 3.8) is 0 Å². The van der Waals surface area contributed by atoms with Crippen molar-refractivity contribution >= 4 is 23.1 Å². The van der Waals surface area contributed by atoms with Gasteiger partial charge in [-0.15, -0.1) is 11.3 Å². The van der Waals surface area contributed by atoms with E-state index in [1.165, 1.54) is 0 Å². The Bertz CT molecular complexity index is 520. The van der Waals surface area contributed by atoms with E-state index in [0.717, 1.165) is 16.3 Å². The number of benzene rings is 1. The fraction of sp³-hybridized carbons (Fsp3) is 0.286. The van der Waals surface area contributed by atoms with Gasteiger partial charge in [-0.2, -0.15) is 0 Å². The number of carbonyl (C=O) groups is 1. The van der Waals surface area contributed by atoms with Crippen LogP contribution in [0.15, 0.2) is 35.8 Å². The molecule has 5 heteroatoms. The van der Waals surface area contributed by atoms with Crippen molar-refractivity contribution in [3.05, 3.63) is 35.8 Å². The molecule has 1 aromatic heterocycles. The Morgan fingerprint density at radius 3 is 2.63 bits per heavy atom. The highest BCUT2D eigenvalue weighted by molar-refractivity contribution is 7.13. The Morgan fingerprint density at radius 1 is 1.32 bits per heavy atom. The summed E-state index contributed by atoms with van der Waals surface area (Å²) in [4.78, 5) is 15.8. The lowest BCUT2D eigenvalue weighted by molar-refractivity contribution is 0.251. The van der Waals surface area contributed by atoms with Crippen LogP contribution in [0.2, 0.25) is 0 Å². The summed E-state index contributed by atoms with van der Waals surface area (Å²) >= 11 is 1.60. The van der Waals surface area contributed by atoms with Crippen molar-refractivity contribution in [2.45, 2.75) is 13.8 Å². The second-order valence-corrected chi connectivity index (χ2v) is 5.54. The molecule has 0 spiro atoms. The number of nitrogens with zero attached hydrogens (tertiary/aromatic N) is 1. The van der Waals surface area contributed by atoms with Gasteiger partial charge < -0.3 is 10.6 Å². The first-order valence-electron chi connectivity index (χ1n) is 6.20. The SMILES string of the molecule is CC(C)CNC(=O)Nc1ccc(-c2nccs2)cc1. The van der Waals surface area contributed by atoms with Crippen LogP contribution in [0, 0.1) is 5.92 Å². The van der Waals surface area contributed by atoms with E-state index in [1.807, 2.05) is 29.6 Å². The molecule has 0 saturated carbocycles. The summed E-state index contributed by atoms with van der Waals surface area (Å²) in [6.45, 7) is 4.79. The highest BCUT2D eigenvalue weighted by Crippen LogP contribution is 2.23. The number of carbonyl (C=O) groups excluding carboxylic acids is 1. The zero-order chi connectivity index (χ0) is 13.7. The number of hydrogen-bond donors (Lipinski definition) is 2. The standard InChI is InChI=1S/C14H17N3OS/c1-10(2)9-16-14(18)17-12-5-3-11(4-6-12)13-15-7-8-19-13/h3-8,10H,9H2,1-2H3,(H2,16,17,18). The Hall–Kier alpha value is -1.88. The van der Waals surface area contributed by atoms with E-state index in [4.69, 9.17) is 0 Å². The summed E-state index contributed by atoms with van der Waals surface area (Å²) in [7, 11) is 0. The van der Waals surface area contributed by atoms with Gasteiger partial charge in [-0.1, -0.05) is 13.8 Å². The predicted molar refractivity (Wildman–Crippen MR) is 79.4 cm³/mol. The highest BCUT2D eigenvalue weighted by Gasteiger charge is 2.04. The molecule has 1 heterocycles. The molecule has 4 nitrogen and oxygen atoms in total. The van der Waals surface area contributed by atoms with Crippen molar-refractivity contribution in [1.29, 1.82) is 0 Å². The zero-order valence-electron chi connectivity index (χ0n) is 11.0. The van der Waals surface area contributed by atoms with E-state index >= 15 is 0 Å². The van der Waals surface area contributed by atoms with Crippen molar-refractivity contribution in [2.75, 3.05) is 11.9 Å². The molecular weight excluding hydrogens is 258 g/mol. The Morgan fingerprint density at radius 2 is 2.05 bits per heavy atom. The van der Waals surface area contributed by atoms with Crippen LogP contribution in [0.3, 0.4) is 0 Å². The molecule has 0 aliphatic rings. The van der Waals surface area contributed by atoms with Gasteiger partial charge in [0.2, 0.25) is 0 Å². The summed E-state index contributed by atoms with van der Waals surface area (Å²) in [6, 6.07) is 7.50. The van der Waals surface area contributed by atoms with Crippen molar-refractivity contribution in [2.24, 2.45) is 5.92 Å². The quantitative estimate of drug-likeness (QED) is 0.896. The molecule has 0 bridgehead atoms. The number of aromatic nitrogens is 1. The topological polar surface area (TPSA) is 54.0 Å². The van der Waals surface area contributed by atoms with Gasteiger partial charge in [0, 0.05) is 29.4 Å². The van der Waals surface area contributed by atoms with Crippen LogP contribution in [0.25, 0.3) is 10.6 Å². The number of urea groups is 1. The molecule has 0 radical (unpaired) electrons. The predicted octanol–water partition coefficient (Wildman–Crippen LogP) is 3.59. The van der Waals surface area contributed by atoms with Crippen LogP contribution < -0.4 is 10.6 Å². The number of hydrogen-bond acceptors (Lipinski definition) is 3. The molecule has 0 fully saturated rings. The monoisotopic (exact) mass is 275 g/mol. The van der Waals surface area contributed by atoms with Gasteiger partial charge in [-0.3, -0.25) is 0 Å². The smallest absolute Gasteiger partial charge is 0.319 e. The maximum atomic E-state index is 11.6. The second-order valence-electron chi connectivity index (χ2n) is 4.64. The van der Waals surface area contributed by atoms with Gasteiger partial charge in [0.15, 0.2) is 0 Å². The van der Waals surface area contributed by atoms with Gasteiger partial charge in [0.1, 0.15) is 5.01 Å². The van der Waals surface area contributed by atoms with E-state index in [2.05, 4.69) is 29.5 Å². The molecule has 1 aromatic carbocycles. The van der Waals surface area contributed by atoms with E-state index < -0.39 is 0 Å². The zero-order valence-corrected chi connectivity index (χ0v) is 11.8. The largest absolute Gasteiger partial charge is 0.338 e. The van der Waals surface area contributed by atoms with Gasteiger partial charge in [-0.05, 0) is 30.2 Å². The van der Waals surface area contributed by atoms with Crippen molar-refractivity contribution in [1.82, 2.24) is 10.3 Å². The van der Waals surface area contributed by atoms with E-state index in [9.17, 15) is 4.79 Å². The molecule has 2 N–H and O–H groups in total. The van der Waals surface area contributed by atoms with Gasteiger partial charge in [0.05, 0.1) is 0 Å². The minimum absolute atomic E-state index is 0.171. The van der Waals surface area contributed by atoms with Gasteiger partial charge in [0.25, 0.3) is 0 Å². The first-order valence-corrected chi connectivity index (χ1v) is 7.08. The summed E-state index contributed by atoms with van der Waals surface area (Å²) < 4.78 is 0. The molecule has 100 valence electrons. The van der Waals surface area contributed by atoms with E-state index in [-0.39, 0.29) is 6.03 Å². The Kier molecular flexibility index (Phi) is 4.52.